The van der Waals surface area contributed by atoms with Crippen LogP contribution in [-0.2, 0) is 9.53 Å². The van der Waals surface area contributed by atoms with Crippen LogP contribution in [-0.4, -0.2) is 13.1 Å². The standard InChI is InChI=1S/C10H16O2/c1-10(2)6-4-7(8(10)5-6)9(11)12-3/h6-8H,4-5H2,1-3H3/t6-,7-,8+/m0/s1. The number of esters is 1. The number of hydrogen-bond donors (Lipinski definition) is 0. The summed E-state index contributed by atoms with van der Waals surface area (Å²) in [6.07, 6.45) is 2.30. The first-order valence-corrected chi connectivity index (χ1v) is 4.65. The molecule has 3 aliphatic rings. The van der Waals surface area contributed by atoms with Crippen molar-refractivity contribution in [1.82, 2.24) is 0 Å². The zero-order valence-electron chi connectivity index (χ0n) is 7.96. The Morgan fingerprint density at radius 2 is 2.08 bits per heavy atom. The Labute approximate surface area is 73.3 Å². The van der Waals surface area contributed by atoms with E-state index >= 15 is 0 Å². The summed E-state index contributed by atoms with van der Waals surface area (Å²) in [5.74, 6) is 1.57. The molecule has 3 saturated carbocycles. The van der Waals surface area contributed by atoms with E-state index in [1.807, 2.05) is 0 Å². The van der Waals surface area contributed by atoms with Crippen LogP contribution in [0.25, 0.3) is 0 Å². The maximum atomic E-state index is 11.3. The molecular formula is C10H16O2. The van der Waals surface area contributed by atoms with E-state index in [2.05, 4.69) is 13.8 Å². The lowest BCUT2D eigenvalue weighted by molar-refractivity contribution is -0.147. The third-order valence-electron chi connectivity index (χ3n) is 4.07. The fraction of sp³-hybridized carbons (Fsp3) is 0.900. The molecule has 0 aromatic rings. The van der Waals surface area contributed by atoms with E-state index < -0.39 is 0 Å². The Morgan fingerprint density at radius 1 is 1.42 bits per heavy atom. The topological polar surface area (TPSA) is 26.3 Å². The number of carbonyl (C=O) groups excluding carboxylic acids is 1. The van der Waals surface area contributed by atoms with Crippen LogP contribution in [0.5, 0.6) is 0 Å². The molecule has 0 heterocycles. The summed E-state index contributed by atoms with van der Waals surface area (Å²) in [7, 11) is 1.49. The number of carbonyl (C=O) groups is 1. The third kappa shape index (κ3) is 0.782. The molecule has 3 rings (SSSR count). The molecule has 3 aliphatic carbocycles. The lowest BCUT2D eigenvalue weighted by atomic mass is 9.60. The average Bonchev–Trinajstić information content (AvgIpc) is 2.58. The summed E-state index contributed by atoms with van der Waals surface area (Å²) in [6, 6.07) is 0. The number of hydrogen-bond acceptors (Lipinski definition) is 2. The van der Waals surface area contributed by atoms with Crippen molar-refractivity contribution >= 4 is 5.97 Å². The van der Waals surface area contributed by atoms with E-state index in [1.165, 1.54) is 13.5 Å². The normalized spacial score (nSPS) is 42.1. The second kappa shape index (κ2) is 2.24. The van der Waals surface area contributed by atoms with Crippen molar-refractivity contribution in [3.8, 4) is 0 Å². The minimum Gasteiger partial charge on any atom is -0.469 e. The van der Waals surface area contributed by atoms with E-state index in [-0.39, 0.29) is 11.9 Å². The van der Waals surface area contributed by atoms with Gasteiger partial charge in [-0.3, -0.25) is 4.79 Å². The Kier molecular flexibility index (Phi) is 1.51. The monoisotopic (exact) mass is 168 g/mol. The maximum Gasteiger partial charge on any atom is 0.308 e. The second-order valence-electron chi connectivity index (χ2n) is 4.73. The summed E-state index contributed by atoms with van der Waals surface area (Å²) >= 11 is 0. The Bertz CT molecular complexity index is 220. The third-order valence-corrected chi connectivity index (χ3v) is 4.07. The molecule has 3 atom stereocenters. The molecule has 0 aromatic heterocycles. The van der Waals surface area contributed by atoms with Gasteiger partial charge in [0, 0.05) is 0 Å². The van der Waals surface area contributed by atoms with Gasteiger partial charge in [-0.2, -0.15) is 0 Å². The van der Waals surface area contributed by atoms with Crippen molar-refractivity contribution in [3.63, 3.8) is 0 Å². The van der Waals surface area contributed by atoms with Crippen LogP contribution in [0.1, 0.15) is 26.7 Å². The number of fused-ring (bicyclic) bond motifs is 1. The van der Waals surface area contributed by atoms with E-state index in [9.17, 15) is 4.79 Å². The highest BCUT2D eigenvalue weighted by molar-refractivity contribution is 5.74. The molecule has 0 saturated heterocycles. The number of methoxy groups -OCH3 is 1. The molecular weight excluding hydrogens is 152 g/mol. The lowest BCUT2D eigenvalue weighted by Crippen LogP contribution is -2.39. The van der Waals surface area contributed by atoms with Gasteiger partial charge < -0.3 is 4.74 Å². The first-order valence-electron chi connectivity index (χ1n) is 4.65. The van der Waals surface area contributed by atoms with Crippen molar-refractivity contribution in [2.24, 2.45) is 23.2 Å². The van der Waals surface area contributed by atoms with Gasteiger partial charge >= 0.3 is 5.97 Å². The molecule has 12 heavy (non-hydrogen) atoms. The van der Waals surface area contributed by atoms with Crippen LogP contribution in [0.2, 0.25) is 0 Å². The number of ether oxygens (including phenoxy) is 1. The molecule has 0 unspecified atom stereocenters. The fourth-order valence-corrected chi connectivity index (χ4v) is 3.02. The van der Waals surface area contributed by atoms with Crippen LogP contribution in [0.4, 0.5) is 0 Å². The molecule has 0 amide bonds. The summed E-state index contributed by atoms with van der Waals surface area (Å²) in [5, 5.41) is 0. The highest BCUT2D eigenvalue weighted by Gasteiger charge is 2.60. The minimum atomic E-state index is 0.00748. The van der Waals surface area contributed by atoms with Crippen molar-refractivity contribution < 1.29 is 9.53 Å². The smallest absolute Gasteiger partial charge is 0.308 e. The first kappa shape index (κ1) is 8.09. The predicted molar refractivity (Wildman–Crippen MR) is 45.5 cm³/mol. The van der Waals surface area contributed by atoms with Gasteiger partial charge in [-0.1, -0.05) is 13.8 Å². The SMILES string of the molecule is COC(=O)[C@H]1C[C@H]2C[C@H]1C2(C)C. The molecule has 0 spiro atoms. The van der Waals surface area contributed by atoms with Crippen molar-refractivity contribution in [2.45, 2.75) is 26.7 Å². The van der Waals surface area contributed by atoms with Gasteiger partial charge in [0.15, 0.2) is 0 Å². The zero-order chi connectivity index (χ0) is 8.93. The van der Waals surface area contributed by atoms with Gasteiger partial charge in [-0.15, -0.1) is 0 Å². The molecule has 0 aliphatic heterocycles. The van der Waals surface area contributed by atoms with E-state index in [4.69, 9.17) is 4.74 Å². The molecule has 2 bridgehead atoms. The van der Waals surface area contributed by atoms with Gasteiger partial charge in [0.05, 0.1) is 13.0 Å². The van der Waals surface area contributed by atoms with Gasteiger partial charge in [-0.05, 0) is 30.1 Å². The summed E-state index contributed by atoms with van der Waals surface area (Å²) in [5.41, 5.74) is 0.402. The zero-order valence-corrected chi connectivity index (χ0v) is 7.96. The second-order valence-corrected chi connectivity index (χ2v) is 4.73. The summed E-state index contributed by atoms with van der Waals surface area (Å²) in [4.78, 5) is 11.3. The van der Waals surface area contributed by atoms with Gasteiger partial charge in [0.25, 0.3) is 0 Å². The minimum absolute atomic E-state index is 0.00748. The lowest BCUT2D eigenvalue weighted by Gasteiger charge is -2.44. The van der Waals surface area contributed by atoms with Gasteiger partial charge in [0.2, 0.25) is 0 Å². The van der Waals surface area contributed by atoms with Crippen molar-refractivity contribution in [3.05, 3.63) is 0 Å². The highest BCUT2D eigenvalue weighted by Crippen LogP contribution is 2.64. The molecule has 2 heteroatoms. The maximum absolute atomic E-state index is 11.3. The number of rotatable bonds is 1. The van der Waals surface area contributed by atoms with Crippen LogP contribution < -0.4 is 0 Å². The quantitative estimate of drug-likeness (QED) is 0.558. The van der Waals surface area contributed by atoms with Crippen molar-refractivity contribution in [2.75, 3.05) is 7.11 Å². The summed E-state index contributed by atoms with van der Waals surface area (Å²) in [6.45, 7) is 4.55. The molecule has 2 nitrogen and oxygen atoms in total. The Morgan fingerprint density at radius 3 is 2.42 bits per heavy atom. The fourth-order valence-electron chi connectivity index (χ4n) is 3.02. The Balaban J connectivity index is 2.11. The van der Waals surface area contributed by atoms with Crippen LogP contribution in [0.3, 0.4) is 0 Å². The molecule has 0 radical (unpaired) electrons. The van der Waals surface area contributed by atoms with Crippen LogP contribution in [0, 0.1) is 23.2 Å². The van der Waals surface area contributed by atoms with Crippen LogP contribution >= 0.6 is 0 Å². The van der Waals surface area contributed by atoms with E-state index in [0.717, 1.165) is 12.3 Å². The molecule has 0 aromatic carbocycles. The predicted octanol–water partition coefficient (Wildman–Crippen LogP) is 1.84. The van der Waals surface area contributed by atoms with Crippen LogP contribution in [0.15, 0.2) is 0 Å². The molecule has 0 N–H and O–H groups in total. The Hall–Kier alpha value is -0.530. The summed E-state index contributed by atoms with van der Waals surface area (Å²) < 4.78 is 4.79. The van der Waals surface area contributed by atoms with Gasteiger partial charge in [-0.25, -0.2) is 0 Å². The largest absolute Gasteiger partial charge is 0.469 e. The van der Waals surface area contributed by atoms with Gasteiger partial charge in [0.1, 0.15) is 0 Å². The first-order chi connectivity index (χ1) is 5.57. The highest BCUT2D eigenvalue weighted by atomic mass is 16.5. The van der Waals surface area contributed by atoms with E-state index in [1.54, 1.807) is 0 Å². The molecule has 68 valence electrons. The van der Waals surface area contributed by atoms with E-state index in [0.29, 0.717) is 11.3 Å². The average molecular weight is 168 g/mol. The molecule has 3 fully saturated rings. The van der Waals surface area contributed by atoms with Crippen molar-refractivity contribution in [1.29, 1.82) is 0 Å².